The van der Waals surface area contributed by atoms with Crippen LogP contribution in [0.3, 0.4) is 0 Å². The maximum atomic E-state index is 11.8. The van der Waals surface area contributed by atoms with E-state index in [0.29, 0.717) is 19.6 Å². The quantitative estimate of drug-likeness (QED) is 0.470. The summed E-state index contributed by atoms with van der Waals surface area (Å²) in [4.78, 5) is 22.0. The van der Waals surface area contributed by atoms with Crippen molar-refractivity contribution < 1.29 is 14.5 Å². The molecule has 108 valence electrons. The van der Waals surface area contributed by atoms with E-state index in [1.807, 2.05) is 0 Å². The zero-order valence-electron chi connectivity index (χ0n) is 11.2. The molecule has 0 spiro atoms. The van der Waals surface area contributed by atoms with Crippen LogP contribution in [0.4, 0.5) is 5.69 Å². The molecule has 1 saturated heterocycles. The van der Waals surface area contributed by atoms with E-state index >= 15 is 0 Å². The van der Waals surface area contributed by atoms with Gasteiger partial charge in [-0.3, -0.25) is 25.8 Å². The molecule has 7 heteroatoms. The molecule has 0 saturated carbocycles. The molecular weight excluding hydrogens is 262 g/mol. The lowest BCUT2D eigenvalue weighted by atomic mass is 9.95. The molecule has 2 rings (SSSR count). The maximum Gasteiger partial charge on any atom is 0.311 e. The Morgan fingerprint density at radius 3 is 2.75 bits per heavy atom. The number of ether oxygens (including phenoxy) is 1. The first-order valence-electron chi connectivity index (χ1n) is 6.50. The summed E-state index contributed by atoms with van der Waals surface area (Å²) in [6.07, 6.45) is 0.606. The van der Waals surface area contributed by atoms with Gasteiger partial charge in [-0.1, -0.05) is 12.1 Å². The molecule has 0 bridgehead atoms. The lowest BCUT2D eigenvalue weighted by molar-refractivity contribution is -0.384. The molecule has 1 heterocycles. The lowest BCUT2D eigenvalue weighted by Gasteiger charge is -2.16. The van der Waals surface area contributed by atoms with E-state index in [2.05, 4.69) is 10.9 Å². The van der Waals surface area contributed by atoms with E-state index in [4.69, 9.17) is 4.74 Å². The van der Waals surface area contributed by atoms with Crippen LogP contribution in [0.5, 0.6) is 0 Å². The van der Waals surface area contributed by atoms with Crippen LogP contribution in [0.1, 0.15) is 12.5 Å². The van der Waals surface area contributed by atoms with Gasteiger partial charge in [0, 0.05) is 24.7 Å². The molecule has 0 radical (unpaired) electrons. The van der Waals surface area contributed by atoms with Gasteiger partial charge in [0.2, 0.25) is 0 Å². The number of nitro benzene ring substituents is 1. The molecule has 2 N–H and O–H groups in total. The standard InChI is InChI=1S/C13H17N3O4/c1-2-20-13(17)11-8-14-15-12(11)7-9-3-5-10(6-4-9)16(18)19/h3-6,11-12,14-15H,2,7-8H2,1H3. The van der Waals surface area contributed by atoms with E-state index in [1.54, 1.807) is 19.1 Å². The van der Waals surface area contributed by atoms with Crippen LogP contribution < -0.4 is 10.9 Å². The van der Waals surface area contributed by atoms with E-state index < -0.39 is 4.92 Å². The van der Waals surface area contributed by atoms with Crippen LogP contribution in [0.25, 0.3) is 0 Å². The van der Waals surface area contributed by atoms with Gasteiger partial charge in [0.25, 0.3) is 5.69 Å². The second kappa shape index (κ2) is 6.44. The van der Waals surface area contributed by atoms with Gasteiger partial charge in [0.1, 0.15) is 0 Å². The fourth-order valence-electron chi connectivity index (χ4n) is 2.24. The van der Waals surface area contributed by atoms with Crippen molar-refractivity contribution in [1.82, 2.24) is 10.9 Å². The van der Waals surface area contributed by atoms with Crippen LogP contribution >= 0.6 is 0 Å². The number of hydrazine groups is 1. The molecule has 1 aliphatic heterocycles. The first-order chi connectivity index (χ1) is 9.61. The van der Waals surface area contributed by atoms with Gasteiger partial charge in [-0.25, -0.2) is 0 Å². The third-order valence-corrected chi connectivity index (χ3v) is 3.29. The van der Waals surface area contributed by atoms with Crippen LogP contribution in [-0.2, 0) is 16.0 Å². The molecule has 1 fully saturated rings. The Morgan fingerprint density at radius 1 is 1.45 bits per heavy atom. The minimum Gasteiger partial charge on any atom is -0.466 e. The van der Waals surface area contributed by atoms with Crippen molar-refractivity contribution >= 4 is 11.7 Å². The fraction of sp³-hybridized carbons (Fsp3) is 0.462. The van der Waals surface area contributed by atoms with Crippen LogP contribution in [0, 0.1) is 16.0 Å². The maximum absolute atomic E-state index is 11.8. The molecule has 1 aromatic rings. The largest absolute Gasteiger partial charge is 0.466 e. The summed E-state index contributed by atoms with van der Waals surface area (Å²) < 4.78 is 5.04. The Bertz CT molecular complexity index is 489. The number of carbonyl (C=O) groups excluding carboxylic acids is 1. The topological polar surface area (TPSA) is 93.5 Å². The van der Waals surface area contributed by atoms with Crippen molar-refractivity contribution in [3.8, 4) is 0 Å². The van der Waals surface area contributed by atoms with Crippen LogP contribution in [0.2, 0.25) is 0 Å². The zero-order chi connectivity index (χ0) is 14.5. The summed E-state index contributed by atoms with van der Waals surface area (Å²) >= 11 is 0. The van der Waals surface area contributed by atoms with Gasteiger partial charge in [0.15, 0.2) is 0 Å². The average Bonchev–Trinajstić information content (AvgIpc) is 2.88. The predicted octanol–water partition coefficient (Wildman–Crippen LogP) is 0.793. The number of nitrogens with one attached hydrogen (secondary N) is 2. The molecule has 20 heavy (non-hydrogen) atoms. The lowest BCUT2D eigenvalue weighted by Crippen LogP contribution is -2.36. The predicted molar refractivity (Wildman–Crippen MR) is 71.8 cm³/mol. The normalized spacial score (nSPS) is 21.6. The Labute approximate surface area is 116 Å². The van der Waals surface area contributed by atoms with Crippen molar-refractivity contribution in [3.63, 3.8) is 0 Å². The first-order valence-corrected chi connectivity index (χ1v) is 6.50. The summed E-state index contributed by atoms with van der Waals surface area (Å²) in [5.41, 5.74) is 7.00. The third kappa shape index (κ3) is 3.31. The van der Waals surface area contributed by atoms with Crippen LogP contribution in [-0.4, -0.2) is 30.1 Å². The number of nitrogens with zero attached hydrogens (tertiary/aromatic N) is 1. The number of non-ortho nitro benzene ring substituents is 1. The molecular formula is C13H17N3O4. The monoisotopic (exact) mass is 279 g/mol. The molecule has 2 unspecified atom stereocenters. The number of carbonyl (C=O) groups is 1. The van der Waals surface area contributed by atoms with Gasteiger partial charge >= 0.3 is 5.97 Å². The fourth-order valence-corrected chi connectivity index (χ4v) is 2.24. The molecule has 7 nitrogen and oxygen atoms in total. The number of nitro groups is 1. The minimum atomic E-state index is -0.430. The molecule has 2 atom stereocenters. The van der Waals surface area contributed by atoms with E-state index in [-0.39, 0.29) is 23.6 Å². The van der Waals surface area contributed by atoms with Crippen molar-refractivity contribution in [1.29, 1.82) is 0 Å². The minimum absolute atomic E-state index is 0.0631. The summed E-state index contributed by atoms with van der Waals surface area (Å²) in [6.45, 7) is 2.66. The van der Waals surface area contributed by atoms with Gasteiger partial charge in [-0.05, 0) is 18.9 Å². The summed E-state index contributed by atoms with van der Waals surface area (Å²) in [5.74, 6) is -0.470. The second-order valence-corrected chi connectivity index (χ2v) is 4.62. The molecule has 0 aliphatic carbocycles. The first kappa shape index (κ1) is 14.4. The van der Waals surface area contributed by atoms with Gasteiger partial charge in [0.05, 0.1) is 17.4 Å². The highest BCUT2D eigenvalue weighted by Gasteiger charge is 2.33. The Kier molecular flexibility index (Phi) is 4.65. The average molecular weight is 279 g/mol. The summed E-state index contributed by atoms with van der Waals surface area (Å²) in [5, 5.41) is 10.6. The van der Waals surface area contributed by atoms with Gasteiger partial charge in [-0.2, -0.15) is 0 Å². The van der Waals surface area contributed by atoms with E-state index in [0.717, 1.165) is 5.56 Å². The highest BCUT2D eigenvalue weighted by Crippen LogP contribution is 2.18. The SMILES string of the molecule is CCOC(=O)C1CNNC1Cc1ccc([N+](=O)[O-])cc1. The van der Waals surface area contributed by atoms with Crippen molar-refractivity contribution in [2.24, 2.45) is 5.92 Å². The third-order valence-electron chi connectivity index (χ3n) is 3.29. The Balaban J connectivity index is 2.01. The van der Waals surface area contributed by atoms with E-state index in [1.165, 1.54) is 12.1 Å². The summed E-state index contributed by atoms with van der Waals surface area (Å²) in [6, 6.07) is 6.28. The number of rotatable bonds is 5. The highest BCUT2D eigenvalue weighted by molar-refractivity contribution is 5.74. The smallest absolute Gasteiger partial charge is 0.311 e. The highest BCUT2D eigenvalue weighted by atomic mass is 16.6. The zero-order valence-corrected chi connectivity index (χ0v) is 11.2. The van der Waals surface area contributed by atoms with Crippen molar-refractivity contribution in [2.75, 3.05) is 13.2 Å². The molecule has 0 amide bonds. The van der Waals surface area contributed by atoms with Crippen LogP contribution in [0.15, 0.2) is 24.3 Å². The second-order valence-electron chi connectivity index (χ2n) is 4.62. The van der Waals surface area contributed by atoms with Gasteiger partial charge in [-0.15, -0.1) is 0 Å². The number of esters is 1. The Hall–Kier alpha value is -1.99. The van der Waals surface area contributed by atoms with Crippen molar-refractivity contribution in [3.05, 3.63) is 39.9 Å². The van der Waals surface area contributed by atoms with E-state index in [9.17, 15) is 14.9 Å². The van der Waals surface area contributed by atoms with Gasteiger partial charge < -0.3 is 4.74 Å². The molecule has 1 aromatic carbocycles. The van der Waals surface area contributed by atoms with Crippen molar-refractivity contribution in [2.45, 2.75) is 19.4 Å². The Morgan fingerprint density at radius 2 is 2.15 bits per heavy atom. The number of hydrogen-bond donors (Lipinski definition) is 2. The molecule has 0 aromatic heterocycles. The molecule has 1 aliphatic rings. The summed E-state index contributed by atoms with van der Waals surface area (Å²) in [7, 11) is 0. The number of benzene rings is 1. The number of hydrogen-bond acceptors (Lipinski definition) is 6.